The largest absolute Gasteiger partial charge is 0.485 e. The molecule has 2 aromatic heterocycles. The van der Waals surface area contributed by atoms with Gasteiger partial charge in [0.1, 0.15) is 29.5 Å². The third-order valence-electron chi connectivity index (χ3n) is 6.17. The molecule has 2 heterocycles. The number of halogens is 2. The molecule has 1 saturated carbocycles. The lowest BCUT2D eigenvalue weighted by atomic mass is 10.0. The fourth-order valence-corrected chi connectivity index (χ4v) is 4.19. The first-order chi connectivity index (χ1) is 16.9. The van der Waals surface area contributed by atoms with Crippen LogP contribution in [0.5, 0.6) is 5.75 Å². The maximum Gasteiger partial charge on any atom is 0.306 e. The number of carbonyl (C=O) groups excluding carboxylic acids is 2. The van der Waals surface area contributed by atoms with Crippen LogP contribution in [0.25, 0.3) is 5.65 Å². The van der Waals surface area contributed by atoms with Crippen LogP contribution in [-0.2, 0) is 16.1 Å². The zero-order chi connectivity index (χ0) is 26.3. The number of carbonyl (C=O) groups is 2. The van der Waals surface area contributed by atoms with Crippen LogP contribution < -0.4 is 10.1 Å². The van der Waals surface area contributed by atoms with E-state index in [0.29, 0.717) is 29.3 Å². The highest BCUT2D eigenvalue weighted by molar-refractivity contribution is 5.95. The number of benzene rings is 1. The number of aryl methyl sites for hydroxylation is 2. The average Bonchev–Trinajstić information content (AvgIpc) is 3.43. The Balaban J connectivity index is 1.51. The molecule has 1 N–H and O–H groups in total. The van der Waals surface area contributed by atoms with Crippen LogP contribution in [0.4, 0.5) is 8.78 Å². The molecule has 0 bridgehead atoms. The van der Waals surface area contributed by atoms with Crippen molar-refractivity contribution in [3.63, 3.8) is 0 Å². The molecule has 1 aliphatic rings. The Morgan fingerprint density at radius 1 is 1.17 bits per heavy atom. The summed E-state index contributed by atoms with van der Waals surface area (Å²) in [5.41, 5.74) is 0.940. The maximum absolute atomic E-state index is 14.0. The number of esters is 1. The van der Waals surface area contributed by atoms with Crippen molar-refractivity contribution in [1.29, 1.82) is 0 Å². The fourth-order valence-electron chi connectivity index (χ4n) is 4.19. The van der Waals surface area contributed by atoms with Crippen molar-refractivity contribution in [3.8, 4) is 5.75 Å². The van der Waals surface area contributed by atoms with E-state index in [-0.39, 0.29) is 35.9 Å². The molecule has 1 amide bonds. The summed E-state index contributed by atoms with van der Waals surface area (Å²) in [4.78, 5) is 30.0. The minimum absolute atomic E-state index is 0.182. The topological polar surface area (TPSA) is 81.9 Å². The van der Waals surface area contributed by atoms with E-state index in [0.717, 1.165) is 18.4 Å². The summed E-state index contributed by atoms with van der Waals surface area (Å²) in [6, 6.07) is 5.35. The molecule has 0 unspecified atom stereocenters. The van der Waals surface area contributed by atoms with Crippen LogP contribution in [0, 0.1) is 30.9 Å². The minimum atomic E-state index is -0.696. The van der Waals surface area contributed by atoms with Crippen molar-refractivity contribution in [2.45, 2.75) is 66.1 Å². The van der Waals surface area contributed by atoms with Gasteiger partial charge in [-0.3, -0.25) is 14.0 Å². The zero-order valence-corrected chi connectivity index (χ0v) is 21.2. The Morgan fingerprint density at radius 3 is 2.44 bits per heavy atom. The summed E-state index contributed by atoms with van der Waals surface area (Å²) in [5, 5.41) is 2.95. The number of amides is 1. The van der Waals surface area contributed by atoms with E-state index in [4.69, 9.17) is 9.47 Å². The van der Waals surface area contributed by atoms with Gasteiger partial charge in [-0.05, 0) is 76.6 Å². The smallest absolute Gasteiger partial charge is 0.306 e. The van der Waals surface area contributed by atoms with Gasteiger partial charge in [-0.1, -0.05) is 6.07 Å². The Bertz CT molecular complexity index is 1300. The Morgan fingerprint density at radius 2 is 1.83 bits per heavy atom. The van der Waals surface area contributed by atoms with Gasteiger partial charge < -0.3 is 14.8 Å². The second-order valence-corrected chi connectivity index (χ2v) is 10.6. The summed E-state index contributed by atoms with van der Waals surface area (Å²) in [6.45, 7) is 9.04. The van der Waals surface area contributed by atoms with E-state index in [1.807, 2.05) is 27.7 Å². The Hall–Kier alpha value is -3.49. The molecule has 0 saturated heterocycles. The van der Waals surface area contributed by atoms with E-state index in [9.17, 15) is 18.4 Å². The summed E-state index contributed by atoms with van der Waals surface area (Å²) in [7, 11) is 0. The van der Waals surface area contributed by atoms with Gasteiger partial charge in [-0.25, -0.2) is 13.8 Å². The van der Waals surface area contributed by atoms with Crippen LogP contribution in [0.3, 0.4) is 0 Å². The van der Waals surface area contributed by atoms with E-state index in [1.54, 1.807) is 23.6 Å². The van der Waals surface area contributed by atoms with Crippen LogP contribution in [0.15, 0.2) is 30.5 Å². The maximum atomic E-state index is 14.0. The van der Waals surface area contributed by atoms with Gasteiger partial charge >= 0.3 is 5.97 Å². The lowest BCUT2D eigenvalue weighted by Gasteiger charge is -2.22. The average molecular weight is 500 g/mol. The van der Waals surface area contributed by atoms with Crippen LogP contribution in [-0.4, -0.2) is 33.4 Å². The molecule has 4 rings (SSSR count). The fraction of sp³-hybridized carbons (Fsp3) is 0.444. The Kier molecular flexibility index (Phi) is 6.77. The van der Waals surface area contributed by atoms with Gasteiger partial charge in [0.15, 0.2) is 11.4 Å². The number of fused-ring (bicyclic) bond motifs is 1. The number of ether oxygens (including phenoxy) is 2. The first kappa shape index (κ1) is 25.6. The number of nitrogens with one attached hydrogen (secondary N) is 1. The SMILES string of the molecule is Cc1cc(OCc2c(F)cccc2F)c2nc(C)c(C(=O)NCC3(CC(=O)OC(C)(C)C)CC3)n2c1. The molecular weight excluding hydrogens is 468 g/mol. The second-order valence-electron chi connectivity index (χ2n) is 10.6. The van der Waals surface area contributed by atoms with E-state index < -0.39 is 17.2 Å². The highest BCUT2D eigenvalue weighted by atomic mass is 19.1. The molecule has 36 heavy (non-hydrogen) atoms. The third-order valence-corrected chi connectivity index (χ3v) is 6.17. The molecule has 7 nitrogen and oxygen atoms in total. The number of aromatic nitrogens is 2. The van der Waals surface area contributed by atoms with Crippen molar-refractivity contribution in [2.75, 3.05) is 6.54 Å². The second kappa shape index (κ2) is 9.52. The summed E-state index contributed by atoms with van der Waals surface area (Å²) in [5.74, 6) is -1.68. The van der Waals surface area contributed by atoms with Crippen molar-refractivity contribution in [3.05, 3.63) is 64.6 Å². The van der Waals surface area contributed by atoms with Gasteiger partial charge in [0.05, 0.1) is 17.7 Å². The highest BCUT2D eigenvalue weighted by Crippen LogP contribution is 2.48. The number of rotatable bonds is 8. The molecule has 0 aliphatic heterocycles. The summed E-state index contributed by atoms with van der Waals surface area (Å²) in [6.07, 6.45) is 3.68. The number of nitrogens with zero attached hydrogens (tertiary/aromatic N) is 2. The molecule has 3 aromatic rings. The molecule has 0 spiro atoms. The predicted octanol–water partition coefficient (Wildman–Crippen LogP) is 5.05. The van der Waals surface area contributed by atoms with Crippen LogP contribution >= 0.6 is 0 Å². The highest BCUT2D eigenvalue weighted by Gasteiger charge is 2.45. The van der Waals surface area contributed by atoms with Gasteiger partial charge in [0, 0.05) is 12.7 Å². The molecular formula is C27H31F2N3O4. The first-order valence-electron chi connectivity index (χ1n) is 11.9. The van der Waals surface area contributed by atoms with E-state index in [2.05, 4.69) is 10.3 Å². The molecule has 0 radical (unpaired) electrons. The predicted molar refractivity (Wildman–Crippen MR) is 130 cm³/mol. The molecule has 192 valence electrons. The van der Waals surface area contributed by atoms with Crippen LogP contribution in [0.2, 0.25) is 0 Å². The molecule has 1 fully saturated rings. The lowest BCUT2D eigenvalue weighted by Crippen LogP contribution is -2.34. The van der Waals surface area contributed by atoms with Crippen molar-refractivity contribution in [1.82, 2.24) is 14.7 Å². The van der Waals surface area contributed by atoms with E-state index >= 15 is 0 Å². The summed E-state index contributed by atoms with van der Waals surface area (Å²) < 4.78 is 40.9. The quantitative estimate of drug-likeness (QED) is 0.439. The monoisotopic (exact) mass is 499 g/mol. The lowest BCUT2D eigenvalue weighted by molar-refractivity contribution is -0.156. The minimum Gasteiger partial charge on any atom is -0.485 e. The van der Waals surface area contributed by atoms with Gasteiger partial charge in [-0.2, -0.15) is 0 Å². The number of hydrogen-bond donors (Lipinski definition) is 1. The third kappa shape index (κ3) is 5.66. The van der Waals surface area contributed by atoms with Crippen molar-refractivity contribution < 1.29 is 27.8 Å². The first-order valence-corrected chi connectivity index (χ1v) is 11.9. The zero-order valence-electron chi connectivity index (χ0n) is 21.2. The van der Waals surface area contributed by atoms with Gasteiger partial charge in [-0.15, -0.1) is 0 Å². The van der Waals surface area contributed by atoms with E-state index in [1.165, 1.54) is 18.2 Å². The normalized spacial score (nSPS) is 14.5. The number of imidazole rings is 1. The van der Waals surface area contributed by atoms with Gasteiger partial charge in [0.2, 0.25) is 0 Å². The van der Waals surface area contributed by atoms with Gasteiger partial charge in [0.25, 0.3) is 5.91 Å². The molecule has 9 heteroatoms. The number of pyridine rings is 1. The van der Waals surface area contributed by atoms with Crippen molar-refractivity contribution in [2.24, 2.45) is 5.41 Å². The van der Waals surface area contributed by atoms with Crippen LogP contribution in [0.1, 0.15) is 67.3 Å². The Labute approximate surface area is 208 Å². The number of hydrogen-bond acceptors (Lipinski definition) is 5. The van der Waals surface area contributed by atoms with Crippen molar-refractivity contribution >= 4 is 17.5 Å². The summed E-state index contributed by atoms with van der Waals surface area (Å²) >= 11 is 0. The molecule has 1 aromatic carbocycles. The molecule has 1 aliphatic carbocycles. The standard InChI is InChI=1S/C27H31F2N3O4/c1-16-11-21(35-14-18-19(28)7-6-8-20(18)29)24-31-17(2)23(32(24)13-16)25(34)30-15-27(9-10-27)12-22(33)36-26(3,4)5/h6-8,11,13H,9-10,12,14-15H2,1-5H3,(H,30,34). The molecule has 0 atom stereocenters.